The van der Waals surface area contributed by atoms with Gasteiger partial charge >= 0.3 is 0 Å². The summed E-state index contributed by atoms with van der Waals surface area (Å²) < 4.78 is 6.40. The summed E-state index contributed by atoms with van der Waals surface area (Å²) in [6, 6.07) is 0. The van der Waals surface area contributed by atoms with Gasteiger partial charge < -0.3 is 4.74 Å². The van der Waals surface area contributed by atoms with Gasteiger partial charge in [-0.15, -0.1) is 0 Å². The van der Waals surface area contributed by atoms with E-state index in [1.807, 2.05) is 0 Å². The Bertz CT molecular complexity index is 223. The van der Waals surface area contributed by atoms with E-state index in [1.165, 1.54) is 70.6 Å². The van der Waals surface area contributed by atoms with Gasteiger partial charge in [0.05, 0.1) is 11.7 Å². The molecule has 2 fully saturated rings. The predicted molar refractivity (Wildman–Crippen MR) is 76.8 cm³/mol. The summed E-state index contributed by atoms with van der Waals surface area (Å²) >= 11 is 3.78. The molecule has 0 bridgehead atoms. The topological polar surface area (TPSA) is 9.23 Å². The van der Waals surface area contributed by atoms with Gasteiger partial charge in [-0.25, -0.2) is 0 Å². The van der Waals surface area contributed by atoms with Crippen molar-refractivity contribution in [2.45, 2.75) is 94.1 Å². The van der Waals surface area contributed by atoms with Crippen molar-refractivity contribution < 1.29 is 4.74 Å². The van der Waals surface area contributed by atoms with Crippen LogP contribution in [0.3, 0.4) is 0 Å². The molecule has 0 aromatic rings. The van der Waals surface area contributed by atoms with Crippen molar-refractivity contribution in [2.75, 3.05) is 0 Å². The second kappa shape index (κ2) is 6.56. The van der Waals surface area contributed by atoms with E-state index in [-0.39, 0.29) is 0 Å². The van der Waals surface area contributed by atoms with Crippen LogP contribution in [0.1, 0.15) is 77.6 Å². The fourth-order valence-corrected chi connectivity index (χ4v) is 4.21. The van der Waals surface area contributed by atoms with Gasteiger partial charge in [0.2, 0.25) is 0 Å². The van der Waals surface area contributed by atoms with E-state index in [2.05, 4.69) is 22.9 Å². The Morgan fingerprint density at radius 2 is 1.94 bits per heavy atom. The van der Waals surface area contributed by atoms with Crippen molar-refractivity contribution in [3.05, 3.63) is 0 Å². The number of hydrogen-bond acceptors (Lipinski definition) is 1. The lowest BCUT2D eigenvalue weighted by Gasteiger charge is -2.33. The highest BCUT2D eigenvalue weighted by atomic mass is 79.9. The minimum Gasteiger partial charge on any atom is -0.372 e. The Morgan fingerprint density at radius 3 is 2.65 bits per heavy atom. The molecule has 0 amide bonds. The monoisotopic (exact) mass is 302 g/mol. The zero-order valence-corrected chi connectivity index (χ0v) is 12.8. The van der Waals surface area contributed by atoms with Crippen molar-refractivity contribution >= 4 is 15.9 Å². The lowest BCUT2D eigenvalue weighted by molar-refractivity contribution is -0.0659. The highest BCUT2D eigenvalue weighted by Crippen LogP contribution is 2.43. The van der Waals surface area contributed by atoms with Gasteiger partial charge in [-0.1, -0.05) is 48.5 Å². The highest BCUT2D eigenvalue weighted by Gasteiger charge is 2.40. The molecule has 2 unspecified atom stereocenters. The van der Waals surface area contributed by atoms with Crippen LogP contribution in [0.4, 0.5) is 0 Å². The van der Waals surface area contributed by atoms with E-state index in [4.69, 9.17) is 4.74 Å². The maximum absolute atomic E-state index is 6.40. The zero-order chi connectivity index (χ0) is 12.1. The van der Waals surface area contributed by atoms with Crippen molar-refractivity contribution in [3.8, 4) is 0 Å². The zero-order valence-electron chi connectivity index (χ0n) is 11.2. The minimum absolute atomic E-state index is 0.315. The van der Waals surface area contributed by atoms with Gasteiger partial charge in [0.25, 0.3) is 0 Å². The number of hydrogen-bond donors (Lipinski definition) is 0. The molecule has 2 heteroatoms. The fraction of sp³-hybridized carbons (Fsp3) is 1.00. The van der Waals surface area contributed by atoms with E-state index in [0.717, 1.165) is 0 Å². The normalized spacial score (nSPS) is 29.6. The second-order valence-corrected chi connectivity index (χ2v) is 7.28. The van der Waals surface area contributed by atoms with Gasteiger partial charge in [-0.2, -0.15) is 0 Å². The predicted octanol–water partition coefficient (Wildman–Crippen LogP) is 5.21. The van der Waals surface area contributed by atoms with E-state index in [1.54, 1.807) is 0 Å². The van der Waals surface area contributed by atoms with Crippen molar-refractivity contribution in [1.29, 1.82) is 0 Å². The third-order valence-electron chi connectivity index (χ3n) is 4.51. The first-order valence-corrected chi connectivity index (χ1v) is 8.47. The average Bonchev–Trinajstić information content (AvgIpc) is 2.71. The third kappa shape index (κ3) is 3.96. The summed E-state index contributed by atoms with van der Waals surface area (Å²) in [6.07, 6.45) is 15.2. The molecular weight excluding hydrogens is 276 g/mol. The number of ether oxygens (including phenoxy) is 1. The van der Waals surface area contributed by atoms with Gasteiger partial charge in [0, 0.05) is 4.83 Å². The molecule has 1 aliphatic heterocycles. The van der Waals surface area contributed by atoms with Crippen LogP contribution in [0.25, 0.3) is 0 Å². The number of rotatable bonds is 5. The molecule has 0 aromatic carbocycles. The summed E-state index contributed by atoms with van der Waals surface area (Å²) in [5, 5.41) is 0. The SMILES string of the molecule is CCCC(Br)CCC1CCC2(CCCCC2)O1. The van der Waals surface area contributed by atoms with Gasteiger partial charge in [-0.05, 0) is 44.9 Å². The largest absolute Gasteiger partial charge is 0.372 e. The first-order chi connectivity index (χ1) is 8.24. The first kappa shape index (κ1) is 13.9. The molecule has 1 spiro atoms. The molecule has 0 N–H and O–H groups in total. The molecule has 100 valence electrons. The molecule has 17 heavy (non-hydrogen) atoms. The van der Waals surface area contributed by atoms with Crippen molar-refractivity contribution in [2.24, 2.45) is 0 Å². The molecule has 1 saturated heterocycles. The molecular formula is C15H27BrO. The van der Waals surface area contributed by atoms with Crippen LogP contribution < -0.4 is 0 Å². The Hall–Kier alpha value is 0.440. The fourth-order valence-electron chi connectivity index (χ4n) is 3.49. The molecule has 1 heterocycles. The van der Waals surface area contributed by atoms with Gasteiger partial charge in [0.1, 0.15) is 0 Å². The van der Waals surface area contributed by atoms with Crippen LogP contribution >= 0.6 is 15.9 Å². The summed E-state index contributed by atoms with van der Waals surface area (Å²) in [5.74, 6) is 0. The van der Waals surface area contributed by atoms with Crippen LogP contribution in [0.5, 0.6) is 0 Å². The number of alkyl halides is 1. The van der Waals surface area contributed by atoms with Gasteiger partial charge in [0.15, 0.2) is 0 Å². The third-order valence-corrected chi connectivity index (χ3v) is 5.42. The van der Waals surface area contributed by atoms with E-state index in [9.17, 15) is 0 Å². The van der Waals surface area contributed by atoms with Crippen LogP contribution in [-0.4, -0.2) is 16.5 Å². The summed E-state index contributed by atoms with van der Waals surface area (Å²) in [4.78, 5) is 0.707. The van der Waals surface area contributed by atoms with Crippen LogP contribution in [0.15, 0.2) is 0 Å². The molecule has 0 radical (unpaired) electrons. The minimum atomic E-state index is 0.315. The summed E-state index contributed by atoms with van der Waals surface area (Å²) in [5.41, 5.74) is 0.315. The average molecular weight is 303 g/mol. The number of halogens is 1. The summed E-state index contributed by atoms with van der Waals surface area (Å²) in [6.45, 7) is 2.26. The lowest BCUT2D eigenvalue weighted by Crippen LogP contribution is -2.31. The molecule has 1 nitrogen and oxygen atoms in total. The summed E-state index contributed by atoms with van der Waals surface area (Å²) in [7, 11) is 0. The molecule has 0 aromatic heterocycles. The first-order valence-electron chi connectivity index (χ1n) is 7.56. The highest BCUT2D eigenvalue weighted by molar-refractivity contribution is 9.09. The van der Waals surface area contributed by atoms with Crippen molar-refractivity contribution in [3.63, 3.8) is 0 Å². The van der Waals surface area contributed by atoms with E-state index < -0.39 is 0 Å². The smallest absolute Gasteiger partial charge is 0.0687 e. The standard InChI is InChI=1S/C15H27BrO/c1-2-6-13(16)7-8-14-9-12-15(17-14)10-4-3-5-11-15/h13-14H,2-12H2,1H3. The van der Waals surface area contributed by atoms with Crippen LogP contribution in [0, 0.1) is 0 Å². The Morgan fingerprint density at radius 1 is 1.18 bits per heavy atom. The second-order valence-electron chi connectivity index (χ2n) is 5.99. The molecule has 1 saturated carbocycles. The van der Waals surface area contributed by atoms with Crippen molar-refractivity contribution in [1.82, 2.24) is 0 Å². The maximum Gasteiger partial charge on any atom is 0.0687 e. The Labute approximate surface area is 115 Å². The Kier molecular flexibility index (Phi) is 5.35. The molecule has 2 rings (SSSR count). The van der Waals surface area contributed by atoms with Crippen LogP contribution in [-0.2, 0) is 4.74 Å². The van der Waals surface area contributed by atoms with Gasteiger partial charge in [-0.3, -0.25) is 0 Å². The maximum atomic E-state index is 6.40. The molecule has 2 atom stereocenters. The van der Waals surface area contributed by atoms with Crippen LogP contribution in [0.2, 0.25) is 0 Å². The van der Waals surface area contributed by atoms with E-state index >= 15 is 0 Å². The molecule has 2 aliphatic rings. The quantitative estimate of drug-likeness (QED) is 0.633. The molecule has 1 aliphatic carbocycles. The van der Waals surface area contributed by atoms with E-state index in [0.29, 0.717) is 16.5 Å². The lowest BCUT2D eigenvalue weighted by atomic mass is 9.83. The Balaban J connectivity index is 1.70.